The van der Waals surface area contributed by atoms with Gasteiger partial charge in [0.15, 0.2) is 0 Å². The molecule has 0 N–H and O–H groups in total. The predicted molar refractivity (Wildman–Crippen MR) is 167 cm³/mol. The van der Waals surface area contributed by atoms with Gasteiger partial charge in [0.05, 0.1) is 35.9 Å². The molecule has 1 aromatic heterocycles. The van der Waals surface area contributed by atoms with Gasteiger partial charge in [0.2, 0.25) is 5.91 Å². The average Bonchev–Trinajstić information content (AvgIpc) is 2.98. The molecule has 0 radical (unpaired) electrons. The topological polar surface area (TPSA) is 74.3 Å². The molecule has 1 atom stereocenters. The SMILES string of the molecule is C=CC(=O)N1CCN(c2nc(OCC3(CN(C)C)COC3)nc3c2CCN(c2cccc4ccc(F)c(Cl)c24)C3)[C@@H](C)C1. The van der Waals surface area contributed by atoms with Crippen LogP contribution in [0.1, 0.15) is 18.2 Å². The van der Waals surface area contributed by atoms with E-state index in [1.165, 1.54) is 12.1 Å². The Kier molecular flexibility index (Phi) is 8.19. The number of halogens is 2. The third-order valence-electron chi connectivity index (χ3n) is 8.64. The van der Waals surface area contributed by atoms with Crippen molar-refractivity contribution in [3.05, 3.63) is 65.1 Å². The molecule has 3 aliphatic rings. The Morgan fingerprint density at radius 1 is 1.23 bits per heavy atom. The average molecular weight is 609 g/mol. The van der Waals surface area contributed by atoms with Crippen molar-refractivity contribution in [1.29, 1.82) is 0 Å². The Hall–Kier alpha value is -3.47. The van der Waals surface area contributed by atoms with E-state index >= 15 is 0 Å². The molecule has 9 nitrogen and oxygen atoms in total. The highest BCUT2D eigenvalue weighted by molar-refractivity contribution is 6.36. The first-order valence-corrected chi connectivity index (χ1v) is 15.1. The van der Waals surface area contributed by atoms with Gasteiger partial charge in [-0.15, -0.1) is 0 Å². The van der Waals surface area contributed by atoms with Gasteiger partial charge in [-0.2, -0.15) is 9.97 Å². The fourth-order valence-corrected chi connectivity index (χ4v) is 6.82. The summed E-state index contributed by atoms with van der Waals surface area (Å²) in [6, 6.07) is 9.44. The summed E-state index contributed by atoms with van der Waals surface area (Å²) in [5.41, 5.74) is 2.71. The van der Waals surface area contributed by atoms with Gasteiger partial charge in [0.1, 0.15) is 18.2 Å². The van der Waals surface area contributed by atoms with Gasteiger partial charge in [-0.3, -0.25) is 4.79 Å². The highest BCUT2D eigenvalue weighted by Gasteiger charge is 2.41. The van der Waals surface area contributed by atoms with Crippen LogP contribution in [0.15, 0.2) is 43.0 Å². The van der Waals surface area contributed by atoms with E-state index < -0.39 is 5.82 Å². The fraction of sp³-hybridized carbons (Fsp3) is 0.469. The molecular weight excluding hydrogens is 571 g/mol. The maximum atomic E-state index is 14.5. The number of ether oxygens (including phenoxy) is 2. The summed E-state index contributed by atoms with van der Waals surface area (Å²) in [5, 5.41) is 1.71. The number of hydrogen-bond acceptors (Lipinski definition) is 8. The van der Waals surface area contributed by atoms with Gasteiger partial charge in [-0.1, -0.05) is 36.4 Å². The van der Waals surface area contributed by atoms with Crippen molar-refractivity contribution in [2.24, 2.45) is 5.41 Å². The number of anilines is 2. The monoisotopic (exact) mass is 608 g/mol. The zero-order valence-corrected chi connectivity index (χ0v) is 25.7. The molecule has 0 unspecified atom stereocenters. The van der Waals surface area contributed by atoms with Crippen molar-refractivity contribution in [3.63, 3.8) is 0 Å². The molecule has 228 valence electrons. The first-order chi connectivity index (χ1) is 20.7. The minimum Gasteiger partial charge on any atom is -0.463 e. The number of benzene rings is 2. The van der Waals surface area contributed by atoms with E-state index in [1.807, 2.05) is 37.2 Å². The van der Waals surface area contributed by atoms with Crippen molar-refractivity contribution < 1.29 is 18.7 Å². The van der Waals surface area contributed by atoms with Gasteiger partial charge in [0.25, 0.3) is 0 Å². The second kappa shape index (κ2) is 11.9. The van der Waals surface area contributed by atoms with Crippen LogP contribution in [0.5, 0.6) is 6.01 Å². The highest BCUT2D eigenvalue weighted by atomic mass is 35.5. The second-order valence-electron chi connectivity index (χ2n) is 12.2. The lowest BCUT2D eigenvalue weighted by molar-refractivity contribution is -0.140. The summed E-state index contributed by atoms with van der Waals surface area (Å²) in [7, 11) is 4.09. The number of nitrogens with zero attached hydrogens (tertiary/aromatic N) is 6. The molecule has 6 rings (SSSR count). The van der Waals surface area contributed by atoms with Crippen LogP contribution in [-0.4, -0.2) is 98.4 Å². The number of fused-ring (bicyclic) bond motifs is 2. The lowest BCUT2D eigenvalue weighted by atomic mass is 9.86. The Morgan fingerprint density at radius 2 is 2.05 bits per heavy atom. The summed E-state index contributed by atoms with van der Waals surface area (Å²) in [4.78, 5) is 30.7. The summed E-state index contributed by atoms with van der Waals surface area (Å²) in [5.74, 6) is 0.357. The number of carbonyl (C=O) groups excluding carboxylic acids is 1. The molecule has 3 aliphatic heterocycles. The molecule has 2 saturated heterocycles. The third-order valence-corrected chi connectivity index (χ3v) is 9.01. The maximum absolute atomic E-state index is 14.5. The Balaban J connectivity index is 1.35. The van der Waals surface area contributed by atoms with Crippen LogP contribution >= 0.6 is 11.6 Å². The minimum absolute atomic E-state index is 0.0440. The summed E-state index contributed by atoms with van der Waals surface area (Å²) in [6.07, 6.45) is 2.07. The molecule has 0 aliphatic carbocycles. The van der Waals surface area contributed by atoms with Gasteiger partial charge >= 0.3 is 6.01 Å². The summed E-state index contributed by atoms with van der Waals surface area (Å²) >= 11 is 6.50. The molecule has 43 heavy (non-hydrogen) atoms. The molecule has 3 aromatic rings. The van der Waals surface area contributed by atoms with Gasteiger partial charge in [0, 0.05) is 55.4 Å². The number of aromatic nitrogens is 2. The van der Waals surface area contributed by atoms with Gasteiger partial charge in [-0.05, 0) is 51.0 Å². The van der Waals surface area contributed by atoms with Crippen molar-refractivity contribution in [2.45, 2.75) is 25.9 Å². The predicted octanol–water partition coefficient (Wildman–Crippen LogP) is 4.17. The second-order valence-corrected chi connectivity index (χ2v) is 12.6. The quantitative estimate of drug-likeness (QED) is 0.353. The normalized spacial score (nSPS) is 19.8. The molecule has 2 fully saturated rings. The zero-order chi connectivity index (χ0) is 30.3. The Bertz CT molecular complexity index is 1550. The van der Waals surface area contributed by atoms with Crippen molar-refractivity contribution in [2.75, 3.05) is 76.4 Å². The number of piperazine rings is 1. The summed E-state index contributed by atoms with van der Waals surface area (Å²) in [6.45, 7) is 11.3. The van der Waals surface area contributed by atoms with Crippen molar-refractivity contribution >= 4 is 39.8 Å². The van der Waals surface area contributed by atoms with Crippen molar-refractivity contribution in [3.8, 4) is 6.01 Å². The standard InChI is InChI=1S/C32H38ClFN6O3/c1-5-27(41)39-13-14-40(21(2)15-39)30-23-11-12-38(26-8-6-7-22-9-10-24(34)29(33)28(22)26)16-25(23)35-31(36-30)43-20-32(17-37(3)4)18-42-19-32/h5-10,21H,1,11-20H2,2-4H3/t21-/m0/s1. The van der Waals surface area contributed by atoms with Crippen LogP contribution in [0, 0.1) is 11.2 Å². The number of rotatable bonds is 8. The van der Waals surface area contributed by atoms with Crippen molar-refractivity contribution in [1.82, 2.24) is 19.8 Å². The van der Waals surface area contributed by atoms with Crippen LogP contribution in [0.4, 0.5) is 15.9 Å². The van der Waals surface area contributed by atoms with E-state index in [0.717, 1.165) is 34.7 Å². The van der Waals surface area contributed by atoms with Gasteiger partial charge in [-0.25, -0.2) is 4.39 Å². The molecule has 4 heterocycles. The van der Waals surface area contributed by atoms with E-state index in [1.54, 1.807) is 6.07 Å². The maximum Gasteiger partial charge on any atom is 0.318 e. The zero-order valence-electron chi connectivity index (χ0n) is 25.0. The molecular formula is C32H38ClFN6O3. The smallest absolute Gasteiger partial charge is 0.318 e. The molecule has 0 saturated carbocycles. The third kappa shape index (κ3) is 5.75. The fourth-order valence-electron chi connectivity index (χ4n) is 6.55. The Morgan fingerprint density at radius 3 is 2.74 bits per heavy atom. The first-order valence-electron chi connectivity index (χ1n) is 14.7. The molecule has 2 aromatic carbocycles. The molecule has 1 amide bonds. The van der Waals surface area contributed by atoms with Crippen LogP contribution in [0.3, 0.4) is 0 Å². The van der Waals surface area contributed by atoms with E-state index in [0.29, 0.717) is 70.4 Å². The van der Waals surface area contributed by atoms with Gasteiger partial charge < -0.3 is 29.1 Å². The van der Waals surface area contributed by atoms with E-state index in [-0.39, 0.29) is 22.4 Å². The van der Waals surface area contributed by atoms with E-state index in [2.05, 4.69) is 28.2 Å². The van der Waals surface area contributed by atoms with E-state index in [4.69, 9.17) is 31.0 Å². The lowest BCUT2D eigenvalue weighted by Crippen LogP contribution is -2.54. The lowest BCUT2D eigenvalue weighted by Gasteiger charge is -2.43. The first kappa shape index (κ1) is 29.6. The largest absolute Gasteiger partial charge is 0.463 e. The number of amides is 1. The Labute approximate surface area is 256 Å². The number of hydrogen-bond donors (Lipinski definition) is 0. The summed E-state index contributed by atoms with van der Waals surface area (Å²) < 4.78 is 26.5. The molecule has 0 bridgehead atoms. The highest BCUT2D eigenvalue weighted by Crippen LogP contribution is 2.38. The van der Waals surface area contributed by atoms with Crippen LogP contribution in [0.25, 0.3) is 10.8 Å². The van der Waals surface area contributed by atoms with E-state index in [9.17, 15) is 9.18 Å². The van der Waals surface area contributed by atoms with Crippen LogP contribution < -0.4 is 14.5 Å². The molecule has 11 heteroatoms. The van der Waals surface area contributed by atoms with Crippen LogP contribution in [0.2, 0.25) is 5.02 Å². The van der Waals surface area contributed by atoms with Crippen LogP contribution in [-0.2, 0) is 22.5 Å². The number of carbonyl (C=O) groups is 1. The minimum atomic E-state index is -0.436. The molecule has 0 spiro atoms.